The smallest absolute Gasteiger partial charge is 0.315 e. The topological polar surface area (TPSA) is 96.5 Å². The molecule has 0 saturated heterocycles. The fourth-order valence-corrected chi connectivity index (χ4v) is 3.78. The zero-order chi connectivity index (χ0) is 21.9. The zero-order valence-electron chi connectivity index (χ0n) is 17.7. The molecule has 7 nitrogen and oxygen atoms in total. The maximum absolute atomic E-state index is 12.4. The highest BCUT2D eigenvalue weighted by Crippen LogP contribution is 2.25. The van der Waals surface area contributed by atoms with Crippen LogP contribution in [0, 0.1) is 0 Å². The fraction of sp³-hybridized carbons (Fsp3) is 0.591. The number of nitrogens with one attached hydrogen (secondary N) is 3. The minimum Gasteiger partial charge on any atom is -0.463 e. The van der Waals surface area contributed by atoms with Crippen LogP contribution in [0.5, 0.6) is 0 Å². The second kappa shape index (κ2) is 12.4. The van der Waals surface area contributed by atoms with Crippen molar-refractivity contribution in [2.45, 2.75) is 77.0 Å². The van der Waals surface area contributed by atoms with Gasteiger partial charge < -0.3 is 20.7 Å². The average Bonchev–Trinajstić information content (AvgIpc) is 2.68. The van der Waals surface area contributed by atoms with Crippen molar-refractivity contribution in [2.75, 3.05) is 6.54 Å². The van der Waals surface area contributed by atoms with E-state index in [9.17, 15) is 14.4 Å². The van der Waals surface area contributed by atoms with Gasteiger partial charge in [-0.2, -0.15) is 0 Å². The summed E-state index contributed by atoms with van der Waals surface area (Å²) in [5.74, 6) is -0.699. The molecule has 1 saturated carbocycles. The molecule has 2 rings (SSSR count). The third-order valence-electron chi connectivity index (χ3n) is 4.93. The van der Waals surface area contributed by atoms with Gasteiger partial charge >= 0.3 is 12.0 Å². The van der Waals surface area contributed by atoms with Crippen molar-refractivity contribution in [2.24, 2.45) is 0 Å². The Hall–Kier alpha value is -2.28. The summed E-state index contributed by atoms with van der Waals surface area (Å²) in [6.45, 7) is 3.74. The van der Waals surface area contributed by atoms with Gasteiger partial charge in [0.2, 0.25) is 5.91 Å². The predicted octanol–water partition coefficient (Wildman–Crippen LogP) is 3.86. The predicted molar refractivity (Wildman–Crippen MR) is 116 cm³/mol. The van der Waals surface area contributed by atoms with Crippen LogP contribution in [0.3, 0.4) is 0 Å². The van der Waals surface area contributed by atoms with Crippen LogP contribution in [0.4, 0.5) is 4.79 Å². The lowest BCUT2D eigenvalue weighted by atomic mass is 9.96. The van der Waals surface area contributed by atoms with Crippen molar-refractivity contribution in [3.8, 4) is 0 Å². The monoisotopic (exact) mass is 437 g/mol. The van der Waals surface area contributed by atoms with E-state index in [-0.39, 0.29) is 43.5 Å². The van der Waals surface area contributed by atoms with E-state index in [0.29, 0.717) is 10.6 Å². The van der Waals surface area contributed by atoms with E-state index in [4.69, 9.17) is 16.3 Å². The Bertz CT molecular complexity index is 720. The Labute approximate surface area is 183 Å². The van der Waals surface area contributed by atoms with Crippen LogP contribution in [0.25, 0.3) is 0 Å². The van der Waals surface area contributed by atoms with Crippen molar-refractivity contribution in [3.05, 3.63) is 34.9 Å². The molecule has 1 aromatic carbocycles. The van der Waals surface area contributed by atoms with Crippen molar-refractivity contribution in [3.63, 3.8) is 0 Å². The molecule has 0 aliphatic heterocycles. The van der Waals surface area contributed by atoms with Gasteiger partial charge in [0.25, 0.3) is 0 Å². The van der Waals surface area contributed by atoms with Gasteiger partial charge in [0.05, 0.1) is 18.6 Å². The lowest BCUT2D eigenvalue weighted by Gasteiger charge is -2.23. The van der Waals surface area contributed by atoms with Crippen molar-refractivity contribution in [1.29, 1.82) is 0 Å². The number of carbonyl (C=O) groups is 3. The summed E-state index contributed by atoms with van der Waals surface area (Å²) in [6.07, 6.45) is 5.32. The summed E-state index contributed by atoms with van der Waals surface area (Å²) in [5.41, 5.74) is 0.649. The van der Waals surface area contributed by atoms with Crippen LogP contribution in [0.1, 0.15) is 70.4 Å². The molecule has 166 valence electrons. The van der Waals surface area contributed by atoms with Crippen molar-refractivity contribution in [1.82, 2.24) is 16.0 Å². The molecule has 0 spiro atoms. The van der Waals surface area contributed by atoms with Gasteiger partial charge in [0, 0.05) is 24.0 Å². The maximum Gasteiger partial charge on any atom is 0.315 e. The number of hydrogen-bond donors (Lipinski definition) is 3. The van der Waals surface area contributed by atoms with E-state index in [1.807, 2.05) is 0 Å². The lowest BCUT2D eigenvalue weighted by molar-refractivity contribution is -0.148. The van der Waals surface area contributed by atoms with Crippen LogP contribution < -0.4 is 16.0 Å². The zero-order valence-corrected chi connectivity index (χ0v) is 18.5. The number of hydrogen-bond acceptors (Lipinski definition) is 4. The summed E-state index contributed by atoms with van der Waals surface area (Å²) in [5, 5.41) is 8.97. The Morgan fingerprint density at radius 3 is 2.50 bits per heavy atom. The highest BCUT2D eigenvalue weighted by Gasteiger charge is 2.22. The molecular weight excluding hydrogens is 406 g/mol. The Morgan fingerprint density at radius 1 is 1.13 bits per heavy atom. The Morgan fingerprint density at radius 2 is 1.83 bits per heavy atom. The first kappa shape index (κ1) is 24.0. The first-order valence-electron chi connectivity index (χ1n) is 10.6. The van der Waals surface area contributed by atoms with Gasteiger partial charge in [0.15, 0.2) is 0 Å². The molecular formula is C22H32ClN3O4. The fourth-order valence-electron chi connectivity index (χ4n) is 3.51. The van der Waals surface area contributed by atoms with Crippen LogP contribution in [-0.4, -0.2) is 36.6 Å². The minimum absolute atomic E-state index is 0.0246. The van der Waals surface area contributed by atoms with Gasteiger partial charge in [-0.3, -0.25) is 9.59 Å². The number of esters is 1. The summed E-state index contributed by atoms with van der Waals surface area (Å²) >= 11 is 6.26. The van der Waals surface area contributed by atoms with Gasteiger partial charge in [0.1, 0.15) is 0 Å². The highest BCUT2D eigenvalue weighted by atomic mass is 35.5. The molecule has 1 fully saturated rings. The molecule has 1 aliphatic carbocycles. The van der Waals surface area contributed by atoms with Gasteiger partial charge in [-0.25, -0.2) is 4.79 Å². The third kappa shape index (κ3) is 8.61. The number of amides is 3. The molecule has 0 bridgehead atoms. The number of urea groups is 1. The third-order valence-corrected chi connectivity index (χ3v) is 5.28. The summed E-state index contributed by atoms with van der Waals surface area (Å²) < 4.78 is 5.21. The lowest BCUT2D eigenvalue weighted by Crippen LogP contribution is -2.44. The van der Waals surface area contributed by atoms with Gasteiger partial charge in [-0.15, -0.1) is 0 Å². The quantitative estimate of drug-likeness (QED) is 0.511. The van der Waals surface area contributed by atoms with E-state index in [1.54, 1.807) is 38.1 Å². The summed E-state index contributed by atoms with van der Waals surface area (Å²) in [7, 11) is 0. The Balaban J connectivity index is 1.84. The molecule has 1 aliphatic rings. The first-order chi connectivity index (χ1) is 14.3. The van der Waals surface area contributed by atoms with E-state index < -0.39 is 12.0 Å². The number of benzene rings is 1. The Kier molecular flexibility index (Phi) is 9.94. The van der Waals surface area contributed by atoms with E-state index in [2.05, 4.69) is 16.0 Å². The minimum atomic E-state index is -0.603. The highest BCUT2D eigenvalue weighted by molar-refractivity contribution is 6.31. The van der Waals surface area contributed by atoms with Crippen molar-refractivity contribution >= 4 is 29.5 Å². The van der Waals surface area contributed by atoms with E-state index >= 15 is 0 Å². The molecule has 0 radical (unpaired) electrons. The van der Waals surface area contributed by atoms with Crippen LogP contribution in [0.2, 0.25) is 5.02 Å². The number of ether oxygens (including phenoxy) is 1. The van der Waals surface area contributed by atoms with Crippen molar-refractivity contribution < 1.29 is 19.1 Å². The van der Waals surface area contributed by atoms with E-state index in [1.165, 1.54) is 6.42 Å². The molecule has 3 N–H and O–H groups in total. The number of halogens is 1. The van der Waals surface area contributed by atoms with Crippen LogP contribution >= 0.6 is 11.6 Å². The molecule has 0 unspecified atom stereocenters. The second-order valence-electron chi connectivity index (χ2n) is 7.87. The summed E-state index contributed by atoms with van der Waals surface area (Å²) in [6, 6.07) is 6.42. The molecule has 1 atom stereocenters. The van der Waals surface area contributed by atoms with Crippen LogP contribution in [-0.2, 0) is 14.3 Å². The van der Waals surface area contributed by atoms with E-state index in [0.717, 1.165) is 25.7 Å². The number of carbonyl (C=O) groups excluding carboxylic acids is 3. The average molecular weight is 438 g/mol. The SMILES string of the molecule is CC(C)OC(=O)C[C@H](NC(=O)CCNC(=O)NC1CCCCC1)c1ccccc1Cl. The maximum atomic E-state index is 12.4. The molecule has 0 heterocycles. The first-order valence-corrected chi connectivity index (χ1v) is 11.0. The molecule has 1 aromatic rings. The number of rotatable bonds is 9. The molecule has 0 aromatic heterocycles. The van der Waals surface area contributed by atoms with Crippen LogP contribution in [0.15, 0.2) is 24.3 Å². The summed E-state index contributed by atoms with van der Waals surface area (Å²) in [4.78, 5) is 36.6. The second-order valence-corrected chi connectivity index (χ2v) is 8.28. The molecule has 3 amide bonds. The standard InChI is InChI=1S/C22H32ClN3O4/c1-15(2)30-21(28)14-19(17-10-6-7-11-18(17)23)26-20(27)12-13-24-22(29)25-16-8-4-3-5-9-16/h6-7,10-11,15-16,19H,3-5,8-9,12-14H2,1-2H3,(H,26,27)(H2,24,25,29)/t19-/m0/s1. The van der Waals surface area contributed by atoms with Gasteiger partial charge in [-0.05, 0) is 38.3 Å². The molecule has 30 heavy (non-hydrogen) atoms. The van der Waals surface area contributed by atoms with Gasteiger partial charge in [-0.1, -0.05) is 49.1 Å². The largest absolute Gasteiger partial charge is 0.463 e. The normalized spacial score (nSPS) is 15.3. The molecule has 8 heteroatoms.